The fourth-order valence-electron chi connectivity index (χ4n) is 3.22. The molecule has 1 fully saturated rings. The molecule has 1 aliphatic heterocycles. The number of hydrogen-bond acceptors (Lipinski definition) is 4. The van der Waals surface area contributed by atoms with Crippen molar-refractivity contribution < 1.29 is 4.79 Å². The number of amides is 1. The molecule has 0 unspecified atom stereocenters. The second kappa shape index (κ2) is 9.11. The van der Waals surface area contributed by atoms with E-state index in [0.717, 1.165) is 38.4 Å². The van der Waals surface area contributed by atoms with Crippen LogP contribution in [0.3, 0.4) is 0 Å². The second-order valence-electron chi connectivity index (χ2n) is 6.83. The molecule has 0 aliphatic carbocycles. The summed E-state index contributed by atoms with van der Waals surface area (Å²) in [4.78, 5) is 17.2. The number of hydrogen-bond donors (Lipinski definition) is 2. The quantitative estimate of drug-likeness (QED) is 0.789. The van der Waals surface area contributed by atoms with Crippen LogP contribution in [-0.2, 0) is 4.79 Å². The zero-order chi connectivity index (χ0) is 19.2. The summed E-state index contributed by atoms with van der Waals surface area (Å²) >= 11 is 5.96. The Hall–Kier alpha value is -2.24. The van der Waals surface area contributed by atoms with Crippen molar-refractivity contribution >= 4 is 34.6 Å². The number of likely N-dealkylation sites (N-methyl/N-ethyl adjacent to an activating group) is 1. The number of halogens is 1. The Labute approximate surface area is 166 Å². The molecule has 0 aromatic heterocycles. The molecule has 2 N–H and O–H groups in total. The number of piperazine rings is 1. The van der Waals surface area contributed by atoms with Crippen LogP contribution in [0.15, 0.2) is 48.5 Å². The monoisotopic (exact) mass is 386 g/mol. The highest BCUT2D eigenvalue weighted by atomic mass is 35.5. The molecule has 1 saturated heterocycles. The number of rotatable bonds is 6. The maximum Gasteiger partial charge on any atom is 0.246 e. The van der Waals surface area contributed by atoms with Gasteiger partial charge < -0.3 is 20.4 Å². The molecule has 2 aromatic carbocycles. The molecule has 6 heteroatoms. The molecule has 1 atom stereocenters. The van der Waals surface area contributed by atoms with E-state index in [0.29, 0.717) is 10.7 Å². The van der Waals surface area contributed by atoms with Gasteiger partial charge in [0.15, 0.2) is 0 Å². The van der Waals surface area contributed by atoms with Gasteiger partial charge in [0, 0.05) is 48.3 Å². The number of anilines is 3. The van der Waals surface area contributed by atoms with E-state index < -0.39 is 0 Å². The van der Waals surface area contributed by atoms with Gasteiger partial charge in [-0.2, -0.15) is 0 Å². The zero-order valence-electron chi connectivity index (χ0n) is 15.9. The van der Waals surface area contributed by atoms with E-state index in [1.807, 2.05) is 31.2 Å². The molecule has 1 amide bonds. The number of carbonyl (C=O) groups excluding carboxylic acids is 1. The van der Waals surface area contributed by atoms with E-state index in [4.69, 9.17) is 11.6 Å². The maximum atomic E-state index is 12.4. The SMILES string of the molecule is CCN1CCN(c2ccc(N[C@H](C)C(=O)Nc3cccc(Cl)c3)cc2)CC1. The van der Waals surface area contributed by atoms with Gasteiger partial charge >= 0.3 is 0 Å². The standard InChI is InChI=1S/C21H27ClN4O/c1-3-25-11-13-26(14-12-25)20-9-7-18(8-10-20)23-16(2)21(27)24-19-6-4-5-17(22)15-19/h4-10,15-16,23H,3,11-14H2,1-2H3,(H,24,27)/t16-/m1/s1. The molecular weight excluding hydrogens is 360 g/mol. The molecule has 5 nitrogen and oxygen atoms in total. The van der Waals surface area contributed by atoms with Crippen LogP contribution in [0, 0.1) is 0 Å². The third-order valence-electron chi connectivity index (χ3n) is 4.92. The van der Waals surface area contributed by atoms with E-state index in [1.165, 1.54) is 5.69 Å². The minimum Gasteiger partial charge on any atom is -0.374 e. The fourth-order valence-corrected chi connectivity index (χ4v) is 3.41. The minimum atomic E-state index is -0.358. The predicted octanol–water partition coefficient (Wildman–Crippen LogP) is 3.92. The Kier molecular flexibility index (Phi) is 6.58. The summed E-state index contributed by atoms with van der Waals surface area (Å²) in [6.45, 7) is 9.50. The molecule has 0 spiro atoms. The average Bonchev–Trinajstić information content (AvgIpc) is 2.68. The molecule has 27 heavy (non-hydrogen) atoms. The van der Waals surface area contributed by atoms with Crippen molar-refractivity contribution in [3.63, 3.8) is 0 Å². The van der Waals surface area contributed by atoms with Crippen LogP contribution in [0.4, 0.5) is 17.1 Å². The molecule has 0 saturated carbocycles. The van der Waals surface area contributed by atoms with E-state index in [9.17, 15) is 4.79 Å². The Morgan fingerprint density at radius 1 is 1.07 bits per heavy atom. The van der Waals surface area contributed by atoms with Crippen LogP contribution in [0.5, 0.6) is 0 Å². The van der Waals surface area contributed by atoms with E-state index in [1.54, 1.807) is 12.1 Å². The summed E-state index contributed by atoms with van der Waals surface area (Å²) < 4.78 is 0. The van der Waals surface area contributed by atoms with Gasteiger partial charge in [-0.3, -0.25) is 4.79 Å². The Morgan fingerprint density at radius 3 is 2.41 bits per heavy atom. The van der Waals surface area contributed by atoms with Gasteiger partial charge in [0.1, 0.15) is 6.04 Å². The van der Waals surface area contributed by atoms with Crippen LogP contribution >= 0.6 is 11.6 Å². The van der Waals surface area contributed by atoms with Crippen molar-refractivity contribution in [3.05, 3.63) is 53.6 Å². The van der Waals surface area contributed by atoms with Crippen molar-refractivity contribution in [2.24, 2.45) is 0 Å². The lowest BCUT2D eigenvalue weighted by Crippen LogP contribution is -2.46. The van der Waals surface area contributed by atoms with Crippen molar-refractivity contribution in [3.8, 4) is 0 Å². The molecular formula is C21H27ClN4O. The summed E-state index contributed by atoms with van der Waals surface area (Å²) in [5.74, 6) is -0.1000. The number of carbonyl (C=O) groups is 1. The third kappa shape index (κ3) is 5.37. The van der Waals surface area contributed by atoms with E-state index >= 15 is 0 Å². The van der Waals surface area contributed by atoms with Gasteiger partial charge in [-0.05, 0) is 55.9 Å². The summed E-state index contributed by atoms with van der Waals surface area (Å²) in [5.41, 5.74) is 2.86. The maximum absolute atomic E-state index is 12.4. The molecule has 3 rings (SSSR count). The van der Waals surface area contributed by atoms with Crippen LogP contribution in [-0.4, -0.2) is 49.6 Å². The molecule has 144 valence electrons. The van der Waals surface area contributed by atoms with Crippen molar-refractivity contribution in [1.82, 2.24) is 4.90 Å². The molecule has 0 radical (unpaired) electrons. The van der Waals surface area contributed by atoms with Crippen LogP contribution in [0.1, 0.15) is 13.8 Å². The first-order valence-corrected chi connectivity index (χ1v) is 9.83. The molecule has 1 aliphatic rings. The van der Waals surface area contributed by atoms with Crippen molar-refractivity contribution in [2.45, 2.75) is 19.9 Å². The largest absolute Gasteiger partial charge is 0.374 e. The Balaban J connectivity index is 1.53. The topological polar surface area (TPSA) is 47.6 Å². The zero-order valence-corrected chi connectivity index (χ0v) is 16.7. The van der Waals surface area contributed by atoms with Gasteiger partial charge in [0.25, 0.3) is 0 Å². The Morgan fingerprint density at radius 2 is 1.78 bits per heavy atom. The molecule has 2 aromatic rings. The smallest absolute Gasteiger partial charge is 0.246 e. The minimum absolute atomic E-state index is 0.1000. The average molecular weight is 387 g/mol. The summed E-state index contributed by atoms with van der Waals surface area (Å²) in [5, 5.41) is 6.73. The first-order chi connectivity index (χ1) is 13.0. The van der Waals surface area contributed by atoms with Crippen LogP contribution in [0.25, 0.3) is 0 Å². The third-order valence-corrected chi connectivity index (χ3v) is 5.16. The van der Waals surface area contributed by atoms with Crippen LogP contribution in [0.2, 0.25) is 5.02 Å². The molecule has 1 heterocycles. The first-order valence-electron chi connectivity index (χ1n) is 9.45. The summed E-state index contributed by atoms with van der Waals surface area (Å²) in [6.07, 6.45) is 0. The predicted molar refractivity (Wildman–Crippen MR) is 114 cm³/mol. The van der Waals surface area contributed by atoms with Gasteiger partial charge in [-0.15, -0.1) is 0 Å². The van der Waals surface area contributed by atoms with Gasteiger partial charge in [0.2, 0.25) is 5.91 Å². The van der Waals surface area contributed by atoms with Crippen molar-refractivity contribution in [1.29, 1.82) is 0 Å². The molecule has 0 bridgehead atoms. The highest BCUT2D eigenvalue weighted by Crippen LogP contribution is 2.20. The number of benzene rings is 2. The van der Waals surface area contributed by atoms with Crippen LogP contribution < -0.4 is 15.5 Å². The second-order valence-corrected chi connectivity index (χ2v) is 7.27. The van der Waals surface area contributed by atoms with E-state index in [2.05, 4.69) is 39.5 Å². The first kappa shape index (κ1) is 19.5. The van der Waals surface area contributed by atoms with Crippen molar-refractivity contribution in [2.75, 3.05) is 48.3 Å². The summed E-state index contributed by atoms with van der Waals surface area (Å²) in [7, 11) is 0. The van der Waals surface area contributed by atoms with Gasteiger partial charge in [-0.25, -0.2) is 0 Å². The van der Waals surface area contributed by atoms with Gasteiger partial charge in [-0.1, -0.05) is 24.6 Å². The lowest BCUT2D eigenvalue weighted by Gasteiger charge is -2.35. The normalized spacial score (nSPS) is 16.0. The number of nitrogens with zero attached hydrogens (tertiary/aromatic N) is 2. The lowest BCUT2D eigenvalue weighted by molar-refractivity contribution is -0.116. The highest BCUT2D eigenvalue weighted by Gasteiger charge is 2.16. The highest BCUT2D eigenvalue weighted by molar-refractivity contribution is 6.30. The summed E-state index contributed by atoms with van der Waals surface area (Å²) in [6, 6.07) is 15.1. The number of nitrogens with one attached hydrogen (secondary N) is 2. The van der Waals surface area contributed by atoms with Gasteiger partial charge in [0.05, 0.1) is 0 Å². The lowest BCUT2D eigenvalue weighted by atomic mass is 10.2. The van der Waals surface area contributed by atoms with E-state index in [-0.39, 0.29) is 11.9 Å². The fraction of sp³-hybridized carbons (Fsp3) is 0.381. The Bertz CT molecular complexity index is 757.